The van der Waals surface area contributed by atoms with E-state index in [9.17, 15) is 0 Å². The molecule has 0 amide bonds. The maximum absolute atomic E-state index is 4.99. The van der Waals surface area contributed by atoms with E-state index >= 15 is 0 Å². The maximum Gasteiger partial charge on any atom is 0.148 e. The first kappa shape index (κ1) is 12.6. The lowest BCUT2D eigenvalue weighted by Crippen LogP contribution is -2.07. The number of nitrogens with one attached hydrogen (secondary N) is 2. The standard InChI is InChI=1S/C14H19N3O/c1-10-4-5-11(2)12(8-10)13-9-14(17-16-13)15-6-7-18-3/h4-5,8-9H,6-7H2,1-3H3,(H2,15,16,17). The molecule has 1 aromatic carbocycles. The molecule has 0 aliphatic heterocycles. The minimum absolute atomic E-state index is 0.672. The van der Waals surface area contributed by atoms with Crippen molar-refractivity contribution in [1.82, 2.24) is 10.2 Å². The third kappa shape index (κ3) is 2.90. The minimum Gasteiger partial charge on any atom is -0.383 e. The Morgan fingerprint density at radius 1 is 1.28 bits per heavy atom. The van der Waals surface area contributed by atoms with Gasteiger partial charge in [0, 0.05) is 25.3 Å². The summed E-state index contributed by atoms with van der Waals surface area (Å²) in [6.45, 7) is 5.63. The molecule has 2 rings (SSSR count). The number of ether oxygens (including phenoxy) is 1. The Labute approximate surface area is 107 Å². The topological polar surface area (TPSA) is 49.9 Å². The summed E-state index contributed by atoms with van der Waals surface area (Å²) in [5.41, 5.74) is 4.73. The molecule has 1 aromatic heterocycles. The Morgan fingerprint density at radius 2 is 2.11 bits per heavy atom. The average Bonchev–Trinajstić information content (AvgIpc) is 2.81. The predicted molar refractivity (Wildman–Crippen MR) is 73.9 cm³/mol. The molecule has 0 aliphatic rings. The van der Waals surface area contributed by atoms with Gasteiger partial charge < -0.3 is 10.1 Å². The normalized spacial score (nSPS) is 10.6. The summed E-state index contributed by atoms with van der Waals surface area (Å²) in [7, 11) is 1.69. The molecule has 2 N–H and O–H groups in total. The molecule has 0 aliphatic carbocycles. The van der Waals surface area contributed by atoms with Crippen LogP contribution in [0.2, 0.25) is 0 Å². The van der Waals surface area contributed by atoms with Crippen molar-refractivity contribution in [3.05, 3.63) is 35.4 Å². The number of hydrogen-bond acceptors (Lipinski definition) is 3. The third-order valence-corrected chi connectivity index (χ3v) is 2.87. The number of aromatic nitrogens is 2. The molecule has 0 radical (unpaired) electrons. The van der Waals surface area contributed by atoms with Crippen molar-refractivity contribution in [2.75, 3.05) is 25.6 Å². The van der Waals surface area contributed by atoms with Crippen LogP contribution in [0.15, 0.2) is 24.3 Å². The number of H-pyrrole nitrogens is 1. The van der Waals surface area contributed by atoms with E-state index in [0.717, 1.165) is 18.1 Å². The van der Waals surface area contributed by atoms with Gasteiger partial charge in [-0.15, -0.1) is 0 Å². The smallest absolute Gasteiger partial charge is 0.148 e. The molecule has 4 heteroatoms. The molecule has 96 valence electrons. The van der Waals surface area contributed by atoms with Crippen LogP contribution in [-0.2, 0) is 4.74 Å². The molecule has 0 atom stereocenters. The Hall–Kier alpha value is -1.81. The second-order valence-electron chi connectivity index (χ2n) is 4.40. The van der Waals surface area contributed by atoms with Crippen molar-refractivity contribution in [2.24, 2.45) is 0 Å². The molecule has 0 saturated carbocycles. The number of aryl methyl sites for hydroxylation is 2. The van der Waals surface area contributed by atoms with Crippen molar-refractivity contribution < 1.29 is 4.74 Å². The summed E-state index contributed by atoms with van der Waals surface area (Å²) in [6.07, 6.45) is 0. The molecule has 18 heavy (non-hydrogen) atoms. The zero-order valence-corrected chi connectivity index (χ0v) is 11.1. The SMILES string of the molecule is COCCNc1cc(-c2cc(C)ccc2C)[nH]n1. The van der Waals surface area contributed by atoms with Crippen LogP contribution in [0, 0.1) is 13.8 Å². The Kier molecular flexibility index (Phi) is 3.99. The van der Waals surface area contributed by atoms with Gasteiger partial charge in [0.25, 0.3) is 0 Å². The lowest BCUT2D eigenvalue weighted by Gasteiger charge is -2.04. The fourth-order valence-electron chi connectivity index (χ4n) is 1.86. The van der Waals surface area contributed by atoms with Crippen molar-refractivity contribution >= 4 is 5.82 Å². The van der Waals surface area contributed by atoms with Crippen LogP contribution in [0.1, 0.15) is 11.1 Å². The van der Waals surface area contributed by atoms with E-state index in [1.165, 1.54) is 16.7 Å². The molecule has 0 bridgehead atoms. The van der Waals surface area contributed by atoms with Gasteiger partial charge in [-0.25, -0.2) is 0 Å². The highest BCUT2D eigenvalue weighted by Gasteiger charge is 2.06. The van der Waals surface area contributed by atoms with Crippen LogP contribution in [0.3, 0.4) is 0 Å². The van der Waals surface area contributed by atoms with Gasteiger partial charge in [0.15, 0.2) is 0 Å². The first-order valence-electron chi connectivity index (χ1n) is 6.06. The summed E-state index contributed by atoms with van der Waals surface area (Å²) < 4.78 is 4.99. The van der Waals surface area contributed by atoms with Crippen LogP contribution >= 0.6 is 0 Å². The van der Waals surface area contributed by atoms with E-state index in [2.05, 4.69) is 47.6 Å². The maximum atomic E-state index is 4.99. The van der Waals surface area contributed by atoms with E-state index in [1.54, 1.807) is 7.11 Å². The van der Waals surface area contributed by atoms with Crippen molar-refractivity contribution in [3.63, 3.8) is 0 Å². The second kappa shape index (κ2) is 5.69. The average molecular weight is 245 g/mol. The highest BCUT2D eigenvalue weighted by molar-refractivity contribution is 5.66. The van der Waals surface area contributed by atoms with Crippen LogP contribution < -0.4 is 5.32 Å². The van der Waals surface area contributed by atoms with E-state index in [0.29, 0.717) is 6.61 Å². The monoisotopic (exact) mass is 245 g/mol. The van der Waals surface area contributed by atoms with Crippen molar-refractivity contribution in [3.8, 4) is 11.3 Å². The molecule has 1 heterocycles. The fraction of sp³-hybridized carbons (Fsp3) is 0.357. The summed E-state index contributed by atoms with van der Waals surface area (Å²) in [5.74, 6) is 0.850. The zero-order chi connectivity index (χ0) is 13.0. The summed E-state index contributed by atoms with van der Waals surface area (Å²) >= 11 is 0. The van der Waals surface area contributed by atoms with E-state index < -0.39 is 0 Å². The predicted octanol–water partition coefficient (Wildman–Crippen LogP) is 2.75. The number of aromatic amines is 1. The van der Waals surface area contributed by atoms with Gasteiger partial charge in [-0.2, -0.15) is 5.10 Å². The van der Waals surface area contributed by atoms with Gasteiger partial charge in [0.2, 0.25) is 0 Å². The lowest BCUT2D eigenvalue weighted by atomic mass is 10.0. The quantitative estimate of drug-likeness (QED) is 0.796. The van der Waals surface area contributed by atoms with Crippen LogP contribution in [-0.4, -0.2) is 30.5 Å². The van der Waals surface area contributed by atoms with Gasteiger partial charge in [-0.05, 0) is 25.5 Å². The lowest BCUT2D eigenvalue weighted by molar-refractivity contribution is 0.210. The summed E-state index contributed by atoms with van der Waals surface area (Å²) in [4.78, 5) is 0. The number of hydrogen-bond donors (Lipinski definition) is 2. The number of methoxy groups -OCH3 is 1. The number of nitrogens with zero attached hydrogens (tertiary/aromatic N) is 1. The van der Waals surface area contributed by atoms with Gasteiger partial charge >= 0.3 is 0 Å². The largest absolute Gasteiger partial charge is 0.383 e. The molecule has 0 saturated heterocycles. The molecule has 0 fully saturated rings. The first-order valence-corrected chi connectivity index (χ1v) is 6.06. The van der Waals surface area contributed by atoms with Crippen LogP contribution in [0.25, 0.3) is 11.3 Å². The molecule has 2 aromatic rings. The number of benzene rings is 1. The van der Waals surface area contributed by atoms with Gasteiger partial charge in [0.1, 0.15) is 5.82 Å². The fourth-order valence-corrected chi connectivity index (χ4v) is 1.86. The molecule has 4 nitrogen and oxygen atoms in total. The Bertz CT molecular complexity index is 520. The third-order valence-electron chi connectivity index (χ3n) is 2.87. The van der Waals surface area contributed by atoms with Crippen LogP contribution in [0.4, 0.5) is 5.82 Å². The summed E-state index contributed by atoms with van der Waals surface area (Å²) in [5, 5.41) is 10.5. The molecular formula is C14H19N3O. The molecule has 0 unspecified atom stereocenters. The van der Waals surface area contributed by atoms with Gasteiger partial charge in [0.05, 0.1) is 12.3 Å². The van der Waals surface area contributed by atoms with Gasteiger partial charge in [-0.1, -0.05) is 17.7 Å². The number of anilines is 1. The molecule has 0 spiro atoms. The van der Waals surface area contributed by atoms with E-state index in [4.69, 9.17) is 4.74 Å². The highest BCUT2D eigenvalue weighted by Crippen LogP contribution is 2.24. The minimum atomic E-state index is 0.672. The van der Waals surface area contributed by atoms with E-state index in [1.807, 2.05) is 6.07 Å². The van der Waals surface area contributed by atoms with Crippen molar-refractivity contribution in [1.29, 1.82) is 0 Å². The zero-order valence-electron chi connectivity index (χ0n) is 11.1. The first-order chi connectivity index (χ1) is 8.70. The Morgan fingerprint density at radius 3 is 2.89 bits per heavy atom. The highest BCUT2D eigenvalue weighted by atomic mass is 16.5. The van der Waals surface area contributed by atoms with Gasteiger partial charge in [-0.3, -0.25) is 5.10 Å². The second-order valence-corrected chi connectivity index (χ2v) is 4.40. The molecular weight excluding hydrogens is 226 g/mol. The Balaban J connectivity index is 2.16. The van der Waals surface area contributed by atoms with E-state index in [-0.39, 0.29) is 0 Å². The summed E-state index contributed by atoms with van der Waals surface area (Å²) in [6, 6.07) is 8.44. The van der Waals surface area contributed by atoms with Crippen LogP contribution in [0.5, 0.6) is 0 Å². The number of rotatable bonds is 5. The van der Waals surface area contributed by atoms with Crippen molar-refractivity contribution in [2.45, 2.75) is 13.8 Å².